The molecular formula is C17H18N2O4. The molecule has 6 nitrogen and oxygen atoms in total. The van der Waals surface area contributed by atoms with Gasteiger partial charge in [0.1, 0.15) is 5.69 Å². The third-order valence-corrected chi connectivity index (χ3v) is 3.55. The quantitative estimate of drug-likeness (QED) is 0.600. The Labute approximate surface area is 133 Å². The van der Waals surface area contributed by atoms with E-state index >= 15 is 0 Å². The highest BCUT2D eigenvalue weighted by atomic mass is 16.6. The molecule has 0 unspecified atom stereocenters. The van der Waals surface area contributed by atoms with Crippen LogP contribution in [0.5, 0.6) is 0 Å². The number of carboxylic acids is 1. The number of nitrogens with one attached hydrogen (secondary N) is 1. The maximum atomic E-state index is 11.1. The van der Waals surface area contributed by atoms with Gasteiger partial charge >= 0.3 is 5.97 Å². The van der Waals surface area contributed by atoms with Crippen LogP contribution in [0, 0.1) is 10.1 Å². The summed E-state index contributed by atoms with van der Waals surface area (Å²) in [5.41, 5.74) is 1.22. The number of carbonyl (C=O) groups is 1. The Morgan fingerprint density at radius 2 is 1.96 bits per heavy atom. The van der Waals surface area contributed by atoms with E-state index in [-0.39, 0.29) is 17.3 Å². The van der Waals surface area contributed by atoms with Crippen molar-refractivity contribution in [2.75, 3.05) is 5.32 Å². The largest absolute Gasteiger partial charge is 0.478 e. The smallest absolute Gasteiger partial charge is 0.335 e. The highest BCUT2D eigenvalue weighted by Crippen LogP contribution is 2.26. The van der Waals surface area contributed by atoms with Gasteiger partial charge in [-0.3, -0.25) is 10.1 Å². The van der Waals surface area contributed by atoms with Crippen molar-refractivity contribution >= 4 is 17.3 Å². The molecule has 0 aliphatic carbocycles. The van der Waals surface area contributed by atoms with Crippen LogP contribution < -0.4 is 5.32 Å². The van der Waals surface area contributed by atoms with E-state index in [2.05, 4.69) is 5.32 Å². The van der Waals surface area contributed by atoms with Crippen LogP contribution in [0.4, 0.5) is 11.4 Å². The molecule has 0 amide bonds. The van der Waals surface area contributed by atoms with Crippen molar-refractivity contribution in [3.05, 3.63) is 69.8 Å². The topological polar surface area (TPSA) is 92.5 Å². The van der Waals surface area contributed by atoms with E-state index in [1.54, 1.807) is 0 Å². The number of rotatable bonds is 7. The van der Waals surface area contributed by atoms with Gasteiger partial charge < -0.3 is 10.4 Å². The number of aromatic carboxylic acids is 1. The highest BCUT2D eigenvalue weighted by molar-refractivity contribution is 5.89. The summed E-state index contributed by atoms with van der Waals surface area (Å²) >= 11 is 0. The molecule has 2 aromatic rings. The van der Waals surface area contributed by atoms with Gasteiger partial charge in [-0.05, 0) is 37.5 Å². The predicted octanol–water partition coefficient (Wildman–Crippen LogP) is 3.73. The second-order valence-electron chi connectivity index (χ2n) is 5.36. The van der Waals surface area contributed by atoms with E-state index in [1.165, 1.54) is 17.7 Å². The van der Waals surface area contributed by atoms with E-state index in [0.29, 0.717) is 5.69 Å². The highest BCUT2D eigenvalue weighted by Gasteiger charge is 2.18. The summed E-state index contributed by atoms with van der Waals surface area (Å²) in [6.45, 7) is 1.94. The average Bonchev–Trinajstić information content (AvgIpc) is 2.54. The lowest BCUT2D eigenvalue weighted by Crippen LogP contribution is -2.17. The van der Waals surface area contributed by atoms with Gasteiger partial charge in [0.15, 0.2) is 0 Å². The van der Waals surface area contributed by atoms with Gasteiger partial charge in [-0.25, -0.2) is 4.79 Å². The second kappa shape index (κ2) is 7.40. The van der Waals surface area contributed by atoms with Crippen molar-refractivity contribution in [2.24, 2.45) is 0 Å². The normalized spacial score (nSPS) is 11.7. The Bertz CT molecular complexity index is 701. The van der Waals surface area contributed by atoms with Crippen LogP contribution in [0.2, 0.25) is 0 Å². The summed E-state index contributed by atoms with van der Waals surface area (Å²) < 4.78 is 0. The first-order valence-electron chi connectivity index (χ1n) is 7.29. The molecule has 6 heteroatoms. The van der Waals surface area contributed by atoms with Crippen LogP contribution >= 0.6 is 0 Å². The molecule has 0 bridgehead atoms. The first-order chi connectivity index (χ1) is 11.0. The molecule has 0 saturated carbocycles. The number of nitrogens with zero attached hydrogens (tertiary/aromatic N) is 1. The molecule has 0 heterocycles. The summed E-state index contributed by atoms with van der Waals surface area (Å²) in [7, 11) is 0. The molecular weight excluding hydrogens is 296 g/mol. The lowest BCUT2D eigenvalue weighted by molar-refractivity contribution is -0.384. The summed E-state index contributed by atoms with van der Waals surface area (Å²) in [5, 5.41) is 23.2. The fourth-order valence-electron chi connectivity index (χ4n) is 2.30. The third-order valence-electron chi connectivity index (χ3n) is 3.55. The number of aryl methyl sites for hydroxylation is 1. The molecule has 0 aliphatic heterocycles. The molecule has 0 spiro atoms. The Balaban J connectivity index is 2.06. The number of carboxylic acid groups (broad SMARTS) is 1. The second-order valence-corrected chi connectivity index (χ2v) is 5.36. The summed E-state index contributed by atoms with van der Waals surface area (Å²) in [6, 6.07) is 13.9. The Morgan fingerprint density at radius 3 is 2.57 bits per heavy atom. The molecule has 2 aromatic carbocycles. The third kappa shape index (κ3) is 4.54. The minimum absolute atomic E-state index is 0.0181. The zero-order chi connectivity index (χ0) is 16.8. The lowest BCUT2D eigenvalue weighted by atomic mass is 10.1. The van der Waals surface area contributed by atoms with Crippen LogP contribution in [-0.4, -0.2) is 22.0 Å². The van der Waals surface area contributed by atoms with Crippen molar-refractivity contribution in [3.63, 3.8) is 0 Å². The van der Waals surface area contributed by atoms with Crippen LogP contribution in [0.3, 0.4) is 0 Å². The first kappa shape index (κ1) is 16.5. The van der Waals surface area contributed by atoms with Crippen LogP contribution in [-0.2, 0) is 6.42 Å². The van der Waals surface area contributed by atoms with Crippen molar-refractivity contribution in [1.82, 2.24) is 0 Å². The molecule has 2 N–H and O–H groups in total. The van der Waals surface area contributed by atoms with Gasteiger partial charge in [0.25, 0.3) is 5.69 Å². The number of anilines is 1. The molecule has 0 radical (unpaired) electrons. The van der Waals surface area contributed by atoms with Crippen molar-refractivity contribution < 1.29 is 14.8 Å². The van der Waals surface area contributed by atoms with Crippen molar-refractivity contribution in [1.29, 1.82) is 0 Å². The Morgan fingerprint density at radius 1 is 1.26 bits per heavy atom. The summed E-state index contributed by atoms with van der Waals surface area (Å²) in [5.74, 6) is -1.18. The Hall–Kier alpha value is -2.89. The first-order valence-corrected chi connectivity index (χ1v) is 7.29. The van der Waals surface area contributed by atoms with Crippen LogP contribution in [0.1, 0.15) is 29.3 Å². The van der Waals surface area contributed by atoms with E-state index in [9.17, 15) is 14.9 Å². The molecule has 0 fully saturated rings. The molecule has 23 heavy (non-hydrogen) atoms. The minimum Gasteiger partial charge on any atom is -0.478 e. The van der Waals surface area contributed by atoms with Crippen LogP contribution in [0.15, 0.2) is 48.5 Å². The standard InChI is InChI=1S/C17H18N2O4/c1-12(7-8-13-5-3-2-4-6-13)18-15-10-9-14(17(20)21)11-16(15)19(22)23/h2-6,9-12,18H,7-8H2,1H3,(H,20,21)/t12-/m1/s1. The fraction of sp³-hybridized carbons (Fsp3) is 0.235. The molecule has 120 valence electrons. The minimum atomic E-state index is -1.18. The van der Waals surface area contributed by atoms with E-state index < -0.39 is 10.9 Å². The lowest BCUT2D eigenvalue weighted by Gasteiger charge is -2.15. The molecule has 0 saturated heterocycles. The van der Waals surface area contributed by atoms with E-state index in [0.717, 1.165) is 18.9 Å². The van der Waals surface area contributed by atoms with Gasteiger partial charge in [-0.15, -0.1) is 0 Å². The number of benzene rings is 2. The van der Waals surface area contributed by atoms with E-state index in [4.69, 9.17) is 5.11 Å². The van der Waals surface area contributed by atoms with Gasteiger partial charge in [0.05, 0.1) is 10.5 Å². The molecule has 1 atom stereocenters. The maximum Gasteiger partial charge on any atom is 0.335 e. The molecule has 0 aromatic heterocycles. The average molecular weight is 314 g/mol. The number of hydrogen-bond donors (Lipinski definition) is 2. The number of nitro groups is 1. The maximum absolute atomic E-state index is 11.1. The zero-order valence-corrected chi connectivity index (χ0v) is 12.7. The van der Waals surface area contributed by atoms with Gasteiger partial charge in [0, 0.05) is 12.1 Å². The zero-order valence-electron chi connectivity index (χ0n) is 12.7. The van der Waals surface area contributed by atoms with Gasteiger partial charge in [-0.2, -0.15) is 0 Å². The summed E-state index contributed by atoms with van der Waals surface area (Å²) in [6.07, 6.45) is 1.66. The fourth-order valence-corrected chi connectivity index (χ4v) is 2.30. The van der Waals surface area contributed by atoms with Gasteiger partial charge in [-0.1, -0.05) is 30.3 Å². The summed E-state index contributed by atoms with van der Waals surface area (Å²) in [4.78, 5) is 21.5. The number of nitro benzene ring substituents is 1. The monoisotopic (exact) mass is 314 g/mol. The van der Waals surface area contributed by atoms with Gasteiger partial charge in [0.2, 0.25) is 0 Å². The Kier molecular flexibility index (Phi) is 5.30. The molecule has 2 rings (SSSR count). The van der Waals surface area contributed by atoms with Crippen molar-refractivity contribution in [2.45, 2.75) is 25.8 Å². The SMILES string of the molecule is C[C@H](CCc1ccccc1)Nc1ccc(C(=O)O)cc1[N+](=O)[O-]. The van der Waals surface area contributed by atoms with Crippen molar-refractivity contribution in [3.8, 4) is 0 Å². The molecule has 0 aliphatic rings. The van der Waals surface area contributed by atoms with Crippen LogP contribution in [0.25, 0.3) is 0 Å². The predicted molar refractivity (Wildman–Crippen MR) is 87.9 cm³/mol. The van der Waals surface area contributed by atoms with E-state index in [1.807, 2.05) is 37.3 Å². The number of hydrogen-bond acceptors (Lipinski definition) is 4.